The second-order valence-corrected chi connectivity index (χ2v) is 7.29. The highest BCUT2D eigenvalue weighted by molar-refractivity contribution is 5.80. The molecule has 0 fully saturated rings. The lowest BCUT2D eigenvalue weighted by Gasteiger charge is -2.23. The van der Waals surface area contributed by atoms with Gasteiger partial charge in [-0.15, -0.1) is 0 Å². The quantitative estimate of drug-likeness (QED) is 0.620. The highest BCUT2D eigenvalue weighted by Crippen LogP contribution is 2.38. The molecule has 0 spiro atoms. The van der Waals surface area contributed by atoms with Crippen molar-refractivity contribution in [3.63, 3.8) is 0 Å². The van der Waals surface area contributed by atoms with Crippen molar-refractivity contribution in [3.8, 4) is 11.1 Å². The van der Waals surface area contributed by atoms with E-state index in [0.717, 1.165) is 40.9 Å². The molecule has 0 aliphatic heterocycles. The van der Waals surface area contributed by atoms with Gasteiger partial charge in [0.25, 0.3) is 0 Å². The summed E-state index contributed by atoms with van der Waals surface area (Å²) in [6.45, 7) is 10.3. The van der Waals surface area contributed by atoms with Crippen LogP contribution < -0.4 is 0 Å². The fourth-order valence-corrected chi connectivity index (χ4v) is 3.26. The first-order valence-corrected chi connectivity index (χ1v) is 9.51. The third-order valence-corrected chi connectivity index (χ3v) is 4.53. The average molecular weight is 355 g/mol. The molecule has 140 valence electrons. The molecule has 0 atom stereocenters. The molecule has 26 heavy (non-hydrogen) atoms. The Balaban J connectivity index is 2.92. The van der Waals surface area contributed by atoms with Crippen LogP contribution in [-0.2, 0) is 6.61 Å². The molecule has 1 N–H and O–H groups in total. The Kier molecular flexibility index (Phi) is 7.10. The molecule has 3 heteroatoms. The second-order valence-electron chi connectivity index (χ2n) is 7.29. The van der Waals surface area contributed by atoms with E-state index >= 15 is 0 Å². The zero-order chi connectivity index (χ0) is 19.3. The molecule has 0 radical (unpaired) electrons. The number of unbranched alkanes of at least 4 members (excludes halogenated alkanes) is 1. The monoisotopic (exact) mass is 355 g/mol. The number of halogens is 1. The molecule has 1 aromatic heterocycles. The van der Waals surface area contributed by atoms with Gasteiger partial charge in [-0.25, -0.2) is 4.39 Å². The van der Waals surface area contributed by atoms with E-state index in [9.17, 15) is 9.50 Å². The predicted molar refractivity (Wildman–Crippen MR) is 108 cm³/mol. The number of benzene rings is 1. The SMILES string of the molecule is CCCC=Cc1c(C(C)C)nc(C(C)C)c(CO)c1-c1ccccc1F. The molecule has 1 heterocycles. The Labute approximate surface area is 156 Å². The van der Waals surface area contributed by atoms with Crippen LogP contribution in [0.1, 0.15) is 81.8 Å². The van der Waals surface area contributed by atoms with Crippen LogP contribution in [-0.4, -0.2) is 10.1 Å². The number of allylic oxidation sites excluding steroid dienone is 1. The highest BCUT2D eigenvalue weighted by atomic mass is 19.1. The van der Waals surface area contributed by atoms with Crippen LogP contribution in [0.25, 0.3) is 17.2 Å². The van der Waals surface area contributed by atoms with Gasteiger partial charge in [-0.2, -0.15) is 0 Å². The van der Waals surface area contributed by atoms with E-state index in [0.29, 0.717) is 5.56 Å². The summed E-state index contributed by atoms with van der Waals surface area (Å²) in [6.07, 6.45) is 6.17. The van der Waals surface area contributed by atoms with Gasteiger partial charge in [0.2, 0.25) is 0 Å². The molecule has 2 aromatic rings. The third-order valence-electron chi connectivity index (χ3n) is 4.53. The maximum atomic E-state index is 14.7. The summed E-state index contributed by atoms with van der Waals surface area (Å²) < 4.78 is 14.7. The third kappa shape index (κ3) is 4.21. The van der Waals surface area contributed by atoms with Crippen LogP contribution in [0, 0.1) is 5.82 Å². The van der Waals surface area contributed by atoms with Gasteiger partial charge < -0.3 is 5.11 Å². The molecule has 0 aliphatic rings. The van der Waals surface area contributed by atoms with Crippen molar-refractivity contribution in [2.24, 2.45) is 0 Å². The minimum atomic E-state index is -0.275. The molecule has 0 bridgehead atoms. The molecule has 0 aliphatic carbocycles. The molecule has 0 unspecified atom stereocenters. The number of aliphatic hydroxyl groups excluding tert-OH is 1. The van der Waals surface area contributed by atoms with Crippen molar-refractivity contribution in [2.75, 3.05) is 0 Å². The Morgan fingerprint density at radius 3 is 2.27 bits per heavy atom. The van der Waals surface area contributed by atoms with E-state index in [1.54, 1.807) is 12.1 Å². The van der Waals surface area contributed by atoms with Crippen molar-refractivity contribution in [3.05, 3.63) is 58.7 Å². The number of hydrogen-bond donors (Lipinski definition) is 1. The smallest absolute Gasteiger partial charge is 0.131 e. The molecule has 0 saturated heterocycles. The fraction of sp³-hybridized carbons (Fsp3) is 0.435. The molecular weight excluding hydrogens is 325 g/mol. The average Bonchev–Trinajstić information content (AvgIpc) is 2.61. The summed E-state index contributed by atoms with van der Waals surface area (Å²) in [7, 11) is 0. The van der Waals surface area contributed by atoms with Gasteiger partial charge in [0.05, 0.1) is 12.3 Å². The lowest BCUT2D eigenvalue weighted by molar-refractivity contribution is 0.280. The van der Waals surface area contributed by atoms with Crippen LogP contribution in [0.15, 0.2) is 30.3 Å². The lowest BCUT2D eigenvalue weighted by Crippen LogP contribution is -2.11. The van der Waals surface area contributed by atoms with E-state index in [1.807, 2.05) is 6.07 Å². The van der Waals surface area contributed by atoms with Crippen molar-refractivity contribution in [1.29, 1.82) is 0 Å². The minimum Gasteiger partial charge on any atom is -0.392 e. The molecule has 0 saturated carbocycles. The van der Waals surface area contributed by atoms with Crippen LogP contribution in [0.5, 0.6) is 0 Å². The topological polar surface area (TPSA) is 33.1 Å². The van der Waals surface area contributed by atoms with Gasteiger partial charge in [0, 0.05) is 27.9 Å². The van der Waals surface area contributed by atoms with Crippen LogP contribution in [0.2, 0.25) is 0 Å². The summed E-state index contributed by atoms with van der Waals surface area (Å²) in [5, 5.41) is 10.1. The van der Waals surface area contributed by atoms with Gasteiger partial charge >= 0.3 is 0 Å². The van der Waals surface area contributed by atoms with E-state index in [4.69, 9.17) is 4.98 Å². The van der Waals surface area contributed by atoms with Gasteiger partial charge in [-0.05, 0) is 24.3 Å². The Hall–Kier alpha value is -2.00. The second kappa shape index (κ2) is 9.09. The van der Waals surface area contributed by atoms with Crippen LogP contribution >= 0.6 is 0 Å². The van der Waals surface area contributed by atoms with E-state index < -0.39 is 0 Å². The summed E-state index contributed by atoms with van der Waals surface area (Å²) in [6, 6.07) is 6.79. The Morgan fingerprint density at radius 1 is 1.08 bits per heavy atom. The zero-order valence-electron chi connectivity index (χ0n) is 16.5. The largest absolute Gasteiger partial charge is 0.392 e. The van der Waals surface area contributed by atoms with E-state index in [2.05, 4.69) is 46.8 Å². The number of nitrogens with zero attached hydrogens (tertiary/aromatic N) is 1. The first kappa shape index (κ1) is 20.3. The summed E-state index contributed by atoms with van der Waals surface area (Å²) in [4.78, 5) is 4.90. The minimum absolute atomic E-state index is 0.147. The van der Waals surface area contributed by atoms with Crippen molar-refractivity contribution in [2.45, 2.75) is 65.9 Å². The standard InChI is InChI=1S/C23H30FNO/c1-6-7-8-12-18-21(17-11-9-10-13-20(17)24)19(14-26)23(16(4)5)25-22(18)15(2)3/h8-13,15-16,26H,6-7,14H2,1-5H3. The van der Waals surface area contributed by atoms with E-state index in [-0.39, 0.29) is 24.3 Å². The fourth-order valence-electron chi connectivity index (χ4n) is 3.26. The van der Waals surface area contributed by atoms with Gasteiger partial charge in [-0.3, -0.25) is 4.98 Å². The zero-order valence-corrected chi connectivity index (χ0v) is 16.5. The molecule has 1 aromatic carbocycles. The first-order valence-electron chi connectivity index (χ1n) is 9.51. The maximum Gasteiger partial charge on any atom is 0.131 e. The first-order chi connectivity index (χ1) is 12.4. The van der Waals surface area contributed by atoms with Crippen molar-refractivity contribution >= 4 is 6.08 Å². The van der Waals surface area contributed by atoms with Crippen molar-refractivity contribution in [1.82, 2.24) is 4.98 Å². The summed E-state index contributed by atoms with van der Waals surface area (Å²) >= 11 is 0. The number of pyridine rings is 1. The van der Waals surface area contributed by atoms with Crippen LogP contribution in [0.4, 0.5) is 4.39 Å². The summed E-state index contributed by atoms with van der Waals surface area (Å²) in [5.74, 6) is 0.0730. The van der Waals surface area contributed by atoms with Gasteiger partial charge in [0.15, 0.2) is 0 Å². The van der Waals surface area contributed by atoms with Crippen molar-refractivity contribution < 1.29 is 9.50 Å². The Morgan fingerprint density at radius 2 is 1.73 bits per heavy atom. The number of rotatable bonds is 7. The number of aromatic nitrogens is 1. The van der Waals surface area contributed by atoms with Gasteiger partial charge in [-0.1, -0.05) is 71.4 Å². The van der Waals surface area contributed by atoms with Crippen LogP contribution in [0.3, 0.4) is 0 Å². The van der Waals surface area contributed by atoms with E-state index in [1.165, 1.54) is 6.07 Å². The maximum absolute atomic E-state index is 14.7. The van der Waals surface area contributed by atoms with Gasteiger partial charge in [0.1, 0.15) is 5.82 Å². The molecular formula is C23H30FNO. The summed E-state index contributed by atoms with van der Waals surface area (Å²) in [5.41, 5.74) is 4.76. The Bertz CT molecular complexity index is 778. The number of aliphatic hydroxyl groups is 1. The molecule has 2 rings (SSSR count). The molecule has 0 amide bonds. The lowest BCUT2D eigenvalue weighted by atomic mass is 9.87. The predicted octanol–water partition coefficient (Wildman–Crippen LogP) is 6.44. The normalized spacial score (nSPS) is 11.9. The number of hydrogen-bond acceptors (Lipinski definition) is 2. The highest BCUT2D eigenvalue weighted by Gasteiger charge is 2.23. The molecule has 2 nitrogen and oxygen atoms in total.